The molecule has 2 aromatic heterocycles. The lowest BCUT2D eigenvalue weighted by molar-refractivity contribution is -0.124. The molecule has 2 aliphatic rings. The molecule has 8 heteroatoms. The number of thiophene rings is 1. The molecule has 5 rings (SSSR count). The van der Waals surface area contributed by atoms with Crippen molar-refractivity contribution in [1.29, 1.82) is 0 Å². The Morgan fingerprint density at radius 3 is 2.71 bits per heavy atom. The highest BCUT2D eigenvalue weighted by atomic mass is 32.1. The molecule has 4 heterocycles. The number of ether oxygens (including phenoxy) is 1. The number of fused-ring (bicyclic) bond motifs is 1. The number of thiazole rings is 1. The summed E-state index contributed by atoms with van der Waals surface area (Å²) >= 11 is 3.09. The number of hydrogen-bond acceptors (Lipinski definition) is 6. The molecule has 1 unspecified atom stereocenters. The zero-order valence-corrected chi connectivity index (χ0v) is 18.9. The van der Waals surface area contributed by atoms with Crippen molar-refractivity contribution in [1.82, 2.24) is 9.88 Å². The van der Waals surface area contributed by atoms with Gasteiger partial charge in [0.25, 0.3) is 5.91 Å². The average Bonchev–Trinajstić information content (AvgIpc) is 3.58. The Balaban J connectivity index is 1.31. The molecule has 0 spiro atoms. The van der Waals surface area contributed by atoms with Crippen molar-refractivity contribution in [3.8, 4) is 0 Å². The van der Waals surface area contributed by atoms with Crippen molar-refractivity contribution in [2.75, 3.05) is 31.1 Å². The van der Waals surface area contributed by atoms with Gasteiger partial charge in [0.15, 0.2) is 5.13 Å². The van der Waals surface area contributed by atoms with Gasteiger partial charge >= 0.3 is 0 Å². The Bertz CT molecular complexity index is 1020. The van der Waals surface area contributed by atoms with Crippen LogP contribution < -0.4 is 4.90 Å². The first kappa shape index (κ1) is 20.6. The van der Waals surface area contributed by atoms with Crippen LogP contribution in [-0.2, 0) is 9.53 Å². The molecule has 1 aromatic carbocycles. The number of aromatic nitrogens is 1. The Hall–Kier alpha value is -2.29. The molecular formula is C23H25N3O3S2. The van der Waals surface area contributed by atoms with E-state index in [1.807, 2.05) is 50.9 Å². The van der Waals surface area contributed by atoms with Gasteiger partial charge in [0.1, 0.15) is 0 Å². The first-order chi connectivity index (χ1) is 15.2. The van der Waals surface area contributed by atoms with Crippen LogP contribution in [0.1, 0.15) is 36.0 Å². The van der Waals surface area contributed by atoms with E-state index in [0.717, 1.165) is 40.4 Å². The van der Waals surface area contributed by atoms with Crippen molar-refractivity contribution in [2.45, 2.75) is 31.8 Å². The highest BCUT2D eigenvalue weighted by molar-refractivity contribution is 7.22. The summed E-state index contributed by atoms with van der Waals surface area (Å²) in [6, 6.07) is 9.86. The third-order valence-corrected chi connectivity index (χ3v) is 7.83. The second kappa shape index (κ2) is 9.06. The summed E-state index contributed by atoms with van der Waals surface area (Å²) in [6.07, 6.45) is 3.44. The molecule has 0 aliphatic carbocycles. The summed E-state index contributed by atoms with van der Waals surface area (Å²) in [6.45, 7) is 2.53. The van der Waals surface area contributed by atoms with Crippen molar-refractivity contribution >= 4 is 49.8 Å². The lowest BCUT2D eigenvalue weighted by atomic mass is 9.94. The SMILES string of the molecule is O=C(c1ccsc1)N1CCC(C(=O)N(CC2CCCO2)c2nc3ccccc3s2)CC1. The van der Waals surface area contributed by atoms with Crippen LogP contribution in [0.4, 0.5) is 5.13 Å². The highest BCUT2D eigenvalue weighted by Crippen LogP contribution is 2.32. The maximum absolute atomic E-state index is 13.6. The van der Waals surface area contributed by atoms with Gasteiger partial charge in [0.2, 0.25) is 5.91 Å². The summed E-state index contributed by atoms with van der Waals surface area (Å²) in [5, 5.41) is 4.55. The molecule has 2 fully saturated rings. The van der Waals surface area contributed by atoms with E-state index >= 15 is 0 Å². The summed E-state index contributed by atoms with van der Waals surface area (Å²) in [5.41, 5.74) is 1.66. The zero-order chi connectivity index (χ0) is 21.2. The van der Waals surface area contributed by atoms with E-state index in [1.165, 1.54) is 11.3 Å². The summed E-state index contributed by atoms with van der Waals surface area (Å²) in [7, 11) is 0. The van der Waals surface area contributed by atoms with Crippen LogP contribution in [0.15, 0.2) is 41.1 Å². The maximum Gasteiger partial charge on any atom is 0.254 e. The first-order valence-electron chi connectivity index (χ1n) is 10.8. The first-order valence-corrected chi connectivity index (χ1v) is 12.5. The third-order valence-electron chi connectivity index (χ3n) is 6.09. The topological polar surface area (TPSA) is 62.7 Å². The van der Waals surface area contributed by atoms with Crippen LogP contribution in [0.25, 0.3) is 10.2 Å². The van der Waals surface area contributed by atoms with Crippen LogP contribution in [0, 0.1) is 5.92 Å². The van der Waals surface area contributed by atoms with Gasteiger partial charge in [-0.25, -0.2) is 4.98 Å². The number of likely N-dealkylation sites (tertiary alicyclic amines) is 1. The molecule has 2 aliphatic heterocycles. The zero-order valence-electron chi connectivity index (χ0n) is 17.2. The Kier molecular flexibility index (Phi) is 6.02. The number of hydrogen-bond donors (Lipinski definition) is 0. The molecule has 6 nitrogen and oxygen atoms in total. The number of piperidine rings is 1. The molecule has 3 aromatic rings. The van der Waals surface area contributed by atoms with Crippen LogP contribution in [0.5, 0.6) is 0 Å². The Labute approximate surface area is 189 Å². The van der Waals surface area contributed by atoms with Crippen LogP contribution in [-0.4, -0.2) is 54.0 Å². The largest absolute Gasteiger partial charge is 0.376 e. The van der Waals surface area contributed by atoms with E-state index in [9.17, 15) is 9.59 Å². The van der Waals surface area contributed by atoms with Gasteiger partial charge in [-0.05, 0) is 49.3 Å². The van der Waals surface area contributed by atoms with Crippen LogP contribution in [0.3, 0.4) is 0 Å². The monoisotopic (exact) mass is 455 g/mol. The molecule has 2 amide bonds. The quantitative estimate of drug-likeness (QED) is 0.571. The summed E-state index contributed by atoms with van der Waals surface area (Å²) < 4.78 is 6.92. The minimum Gasteiger partial charge on any atom is -0.376 e. The number of benzene rings is 1. The number of para-hydroxylation sites is 1. The fourth-order valence-corrected chi connectivity index (χ4v) is 5.96. The fourth-order valence-electron chi connectivity index (χ4n) is 4.35. The molecule has 0 saturated carbocycles. The fraction of sp³-hybridized carbons (Fsp3) is 0.435. The normalized spacial score (nSPS) is 19.7. The summed E-state index contributed by atoms with van der Waals surface area (Å²) in [4.78, 5) is 34.7. The number of nitrogens with zero attached hydrogens (tertiary/aromatic N) is 3. The number of amides is 2. The van der Waals surface area contributed by atoms with Gasteiger partial charge in [0, 0.05) is 31.0 Å². The van der Waals surface area contributed by atoms with Gasteiger partial charge in [-0.1, -0.05) is 23.5 Å². The van der Waals surface area contributed by atoms with Crippen LogP contribution >= 0.6 is 22.7 Å². The molecule has 31 heavy (non-hydrogen) atoms. The molecule has 0 bridgehead atoms. The predicted octanol–water partition coefficient (Wildman–Crippen LogP) is 4.42. The molecule has 162 valence electrons. The van der Waals surface area contributed by atoms with Gasteiger partial charge in [0.05, 0.1) is 28.4 Å². The van der Waals surface area contributed by atoms with E-state index in [2.05, 4.69) is 0 Å². The van der Waals surface area contributed by atoms with Crippen molar-refractivity contribution < 1.29 is 14.3 Å². The predicted molar refractivity (Wildman–Crippen MR) is 124 cm³/mol. The standard InChI is InChI=1S/C23H25N3O3S2/c27-21(17-9-13-30-15-17)25-10-7-16(8-11-25)22(28)26(14-18-4-3-12-29-18)23-24-19-5-1-2-6-20(19)31-23/h1-2,5-6,9,13,15-16,18H,3-4,7-8,10-12,14H2. The van der Waals surface area contributed by atoms with Gasteiger partial charge in [-0.3, -0.25) is 14.5 Å². The lowest BCUT2D eigenvalue weighted by Gasteiger charge is -2.34. The number of carbonyl (C=O) groups is 2. The minimum absolute atomic E-state index is 0.0644. The minimum atomic E-state index is -0.0973. The van der Waals surface area contributed by atoms with E-state index in [1.54, 1.807) is 11.3 Å². The smallest absolute Gasteiger partial charge is 0.254 e. The second-order valence-corrected chi connectivity index (χ2v) is 9.92. The molecule has 1 atom stereocenters. The van der Waals surface area contributed by atoms with Gasteiger partial charge in [-0.15, -0.1) is 0 Å². The van der Waals surface area contributed by atoms with E-state index in [0.29, 0.717) is 32.5 Å². The molecule has 0 radical (unpaired) electrons. The number of anilines is 1. The lowest BCUT2D eigenvalue weighted by Crippen LogP contribution is -2.46. The van der Waals surface area contributed by atoms with Gasteiger partial charge < -0.3 is 9.64 Å². The highest BCUT2D eigenvalue weighted by Gasteiger charge is 2.34. The van der Waals surface area contributed by atoms with Crippen molar-refractivity contribution in [3.05, 3.63) is 46.7 Å². The second-order valence-electron chi connectivity index (χ2n) is 8.13. The van der Waals surface area contributed by atoms with E-state index in [-0.39, 0.29) is 23.8 Å². The molecular weight excluding hydrogens is 430 g/mol. The van der Waals surface area contributed by atoms with Crippen molar-refractivity contribution in [3.63, 3.8) is 0 Å². The molecule has 0 N–H and O–H groups in total. The third kappa shape index (κ3) is 4.37. The number of rotatable bonds is 5. The van der Waals surface area contributed by atoms with E-state index in [4.69, 9.17) is 9.72 Å². The van der Waals surface area contributed by atoms with Crippen LogP contribution in [0.2, 0.25) is 0 Å². The summed E-state index contributed by atoms with van der Waals surface area (Å²) in [5.74, 6) is 0.0756. The average molecular weight is 456 g/mol. The Morgan fingerprint density at radius 2 is 2.00 bits per heavy atom. The molecule has 2 saturated heterocycles. The Morgan fingerprint density at radius 1 is 1.16 bits per heavy atom. The van der Waals surface area contributed by atoms with Gasteiger partial charge in [-0.2, -0.15) is 11.3 Å². The number of carbonyl (C=O) groups excluding carboxylic acids is 2. The van der Waals surface area contributed by atoms with Crippen molar-refractivity contribution in [2.24, 2.45) is 5.92 Å². The van der Waals surface area contributed by atoms with E-state index < -0.39 is 0 Å². The maximum atomic E-state index is 13.6.